The Hall–Kier alpha value is -3.22. The summed E-state index contributed by atoms with van der Waals surface area (Å²) in [7, 11) is 0. The summed E-state index contributed by atoms with van der Waals surface area (Å²) in [6.07, 6.45) is 0. The van der Waals surface area contributed by atoms with Crippen LogP contribution in [-0.4, -0.2) is 40.0 Å². The van der Waals surface area contributed by atoms with Crippen LogP contribution in [0.25, 0.3) is 11.0 Å². The smallest absolute Gasteiger partial charge is 0.338 e. The Labute approximate surface area is 150 Å². The number of Topliss-reactive ketones (excluding diaryl/α,β-unsaturated/α-hetero) is 1. The van der Waals surface area contributed by atoms with E-state index in [2.05, 4.69) is 10.3 Å². The van der Waals surface area contributed by atoms with Gasteiger partial charge in [0.15, 0.2) is 5.78 Å². The van der Waals surface area contributed by atoms with Gasteiger partial charge in [-0.15, -0.1) is 5.10 Å². The summed E-state index contributed by atoms with van der Waals surface area (Å²) >= 11 is 0. The minimum absolute atomic E-state index is 0.0742. The topological polar surface area (TPSA) is 83.3 Å². The number of hydrogen-bond donors (Lipinski definition) is 0. The number of aromatic nitrogens is 3. The number of rotatable bonds is 7. The van der Waals surface area contributed by atoms with Gasteiger partial charge in [-0.3, -0.25) is 4.79 Å². The van der Waals surface area contributed by atoms with E-state index >= 15 is 0 Å². The van der Waals surface area contributed by atoms with Crippen molar-refractivity contribution in [3.05, 3.63) is 53.6 Å². The molecule has 1 heterocycles. The molecular weight excluding hydrogens is 334 g/mol. The summed E-state index contributed by atoms with van der Waals surface area (Å²) < 4.78 is 12.5. The number of ether oxygens (including phenoxy) is 2. The zero-order valence-electron chi connectivity index (χ0n) is 14.6. The molecule has 0 spiro atoms. The average Bonchev–Trinajstić information content (AvgIpc) is 3.07. The number of carbonyl (C=O) groups is 2. The molecule has 0 unspecified atom stereocenters. The zero-order chi connectivity index (χ0) is 18.5. The third kappa shape index (κ3) is 3.72. The maximum atomic E-state index is 12.2. The van der Waals surface area contributed by atoms with E-state index in [-0.39, 0.29) is 19.0 Å². The van der Waals surface area contributed by atoms with Crippen LogP contribution in [0.1, 0.15) is 34.6 Å². The van der Waals surface area contributed by atoms with Crippen molar-refractivity contribution in [3.63, 3.8) is 0 Å². The first-order chi connectivity index (χ1) is 12.6. The summed E-state index contributed by atoms with van der Waals surface area (Å²) in [5, 5.41) is 8.06. The van der Waals surface area contributed by atoms with Gasteiger partial charge < -0.3 is 9.47 Å². The molecule has 0 aliphatic heterocycles. The molecule has 0 amide bonds. The summed E-state index contributed by atoms with van der Waals surface area (Å²) in [5.74, 6) is -0.0546. The van der Waals surface area contributed by atoms with Crippen molar-refractivity contribution in [2.24, 2.45) is 0 Å². The van der Waals surface area contributed by atoms with E-state index in [0.717, 1.165) is 5.52 Å². The van der Waals surface area contributed by atoms with Crippen molar-refractivity contribution in [3.8, 4) is 5.75 Å². The molecule has 0 radical (unpaired) electrons. The van der Waals surface area contributed by atoms with Gasteiger partial charge in [-0.25, -0.2) is 9.48 Å². The monoisotopic (exact) mass is 353 g/mol. The molecule has 0 atom stereocenters. The normalized spacial score (nSPS) is 10.7. The molecule has 2 aromatic carbocycles. The first kappa shape index (κ1) is 17.6. The Bertz CT molecular complexity index is 949. The highest BCUT2D eigenvalue weighted by molar-refractivity contribution is 5.96. The Balaban J connectivity index is 1.57. The van der Waals surface area contributed by atoms with Crippen molar-refractivity contribution in [2.75, 3.05) is 13.2 Å². The fourth-order valence-electron chi connectivity index (χ4n) is 2.59. The van der Waals surface area contributed by atoms with E-state index in [1.807, 2.05) is 6.92 Å². The van der Waals surface area contributed by atoms with Gasteiger partial charge in [0.05, 0.1) is 16.6 Å². The van der Waals surface area contributed by atoms with E-state index in [9.17, 15) is 9.59 Å². The first-order valence-corrected chi connectivity index (χ1v) is 8.33. The molecule has 3 rings (SSSR count). The number of fused-ring (bicyclic) bond motifs is 1. The van der Waals surface area contributed by atoms with Crippen LogP contribution in [0.3, 0.4) is 0 Å². The standard InChI is InChI=1S/C19H19N3O4/c1-3-22-17-9-8-14(12-16(17)20-21-22)19(24)26-11-10-25-18-7-5-4-6-15(18)13(2)23/h4-9,12H,3,10-11H2,1-2H3. The van der Waals surface area contributed by atoms with Gasteiger partial charge in [0, 0.05) is 6.54 Å². The molecule has 7 heteroatoms. The minimum Gasteiger partial charge on any atom is -0.489 e. The minimum atomic E-state index is -0.457. The summed E-state index contributed by atoms with van der Waals surface area (Å²) in [6, 6.07) is 12.1. The van der Waals surface area contributed by atoms with Crippen LogP contribution in [0.4, 0.5) is 0 Å². The number of esters is 1. The van der Waals surface area contributed by atoms with Crippen LogP contribution in [0, 0.1) is 0 Å². The van der Waals surface area contributed by atoms with Crippen molar-refractivity contribution in [2.45, 2.75) is 20.4 Å². The molecule has 1 aromatic heterocycles. The predicted octanol–water partition coefficient (Wildman–Crippen LogP) is 2.89. The largest absolute Gasteiger partial charge is 0.489 e. The molecule has 0 aliphatic rings. The van der Waals surface area contributed by atoms with Crippen LogP contribution in [0.2, 0.25) is 0 Å². The number of para-hydroxylation sites is 1. The van der Waals surface area contributed by atoms with Gasteiger partial charge in [0.2, 0.25) is 0 Å². The average molecular weight is 353 g/mol. The summed E-state index contributed by atoms with van der Waals surface area (Å²) in [6.45, 7) is 4.39. The molecule has 0 aliphatic carbocycles. The van der Waals surface area contributed by atoms with Crippen LogP contribution in [0.15, 0.2) is 42.5 Å². The Morgan fingerprint density at radius 2 is 1.92 bits per heavy atom. The summed E-state index contributed by atoms with van der Waals surface area (Å²) in [4.78, 5) is 23.7. The zero-order valence-corrected chi connectivity index (χ0v) is 14.6. The van der Waals surface area contributed by atoms with E-state index in [1.54, 1.807) is 47.1 Å². The third-order valence-electron chi connectivity index (χ3n) is 3.89. The second-order valence-electron chi connectivity index (χ2n) is 5.65. The Morgan fingerprint density at radius 1 is 1.12 bits per heavy atom. The van der Waals surface area contributed by atoms with Crippen LogP contribution in [-0.2, 0) is 11.3 Å². The van der Waals surface area contributed by atoms with Gasteiger partial charge in [-0.2, -0.15) is 0 Å². The predicted molar refractivity (Wildman–Crippen MR) is 95.4 cm³/mol. The molecule has 26 heavy (non-hydrogen) atoms. The highest BCUT2D eigenvalue weighted by Gasteiger charge is 2.12. The van der Waals surface area contributed by atoms with Crippen LogP contribution in [0.5, 0.6) is 5.75 Å². The lowest BCUT2D eigenvalue weighted by Gasteiger charge is -2.10. The highest BCUT2D eigenvalue weighted by atomic mass is 16.6. The number of nitrogens with zero attached hydrogens (tertiary/aromatic N) is 3. The molecule has 0 saturated heterocycles. The lowest BCUT2D eigenvalue weighted by atomic mass is 10.1. The van der Waals surface area contributed by atoms with E-state index in [0.29, 0.717) is 28.9 Å². The van der Waals surface area contributed by atoms with E-state index < -0.39 is 5.97 Å². The second-order valence-corrected chi connectivity index (χ2v) is 5.65. The molecule has 134 valence electrons. The molecule has 3 aromatic rings. The number of hydrogen-bond acceptors (Lipinski definition) is 6. The molecular formula is C19H19N3O4. The quantitative estimate of drug-likeness (QED) is 0.369. The van der Waals surface area contributed by atoms with Crippen molar-refractivity contribution in [1.29, 1.82) is 0 Å². The SMILES string of the molecule is CCn1nnc2cc(C(=O)OCCOc3ccccc3C(C)=O)ccc21. The van der Waals surface area contributed by atoms with Crippen molar-refractivity contribution >= 4 is 22.8 Å². The van der Waals surface area contributed by atoms with E-state index in [4.69, 9.17) is 9.47 Å². The van der Waals surface area contributed by atoms with Gasteiger partial charge in [-0.05, 0) is 44.2 Å². The molecule has 0 bridgehead atoms. The maximum absolute atomic E-state index is 12.2. The lowest BCUT2D eigenvalue weighted by molar-refractivity contribution is 0.0449. The molecule has 0 N–H and O–H groups in total. The van der Waals surface area contributed by atoms with E-state index in [1.165, 1.54) is 6.92 Å². The Morgan fingerprint density at radius 3 is 2.69 bits per heavy atom. The number of benzene rings is 2. The van der Waals surface area contributed by atoms with Gasteiger partial charge in [0.1, 0.15) is 24.5 Å². The molecule has 0 saturated carbocycles. The van der Waals surface area contributed by atoms with Gasteiger partial charge >= 0.3 is 5.97 Å². The van der Waals surface area contributed by atoms with Crippen LogP contribution >= 0.6 is 0 Å². The van der Waals surface area contributed by atoms with Crippen molar-refractivity contribution < 1.29 is 19.1 Å². The molecule has 7 nitrogen and oxygen atoms in total. The number of aryl methyl sites for hydroxylation is 1. The summed E-state index contributed by atoms with van der Waals surface area (Å²) in [5.41, 5.74) is 2.43. The lowest BCUT2D eigenvalue weighted by Crippen LogP contribution is -2.13. The number of carbonyl (C=O) groups excluding carboxylic acids is 2. The van der Waals surface area contributed by atoms with Gasteiger partial charge in [0.25, 0.3) is 0 Å². The third-order valence-corrected chi connectivity index (χ3v) is 3.89. The molecule has 0 fully saturated rings. The Kier molecular flexibility index (Phi) is 5.26. The van der Waals surface area contributed by atoms with Gasteiger partial charge in [-0.1, -0.05) is 17.3 Å². The number of ketones is 1. The highest BCUT2D eigenvalue weighted by Crippen LogP contribution is 2.18. The maximum Gasteiger partial charge on any atom is 0.338 e. The first-order valence-electron chi connectivity index (χ1n) is 8.33. The second kappa shape index (κ2) is 7.77. The van der Waals surface area contributed by atoms with Crippen molar-refractivity contribution in [1.82, 2.24) is 15.0 Å². The van der Waals surface area contributed by atoms with Crippen LogP contribution < -0.4 is 4.74 Å². The fourth-order valence-corrected chi connectivity index (χ4v) is 2.59. The fraction of sp³-hybridized carbons (Fsp3) is 0.263.